The van der Waals surface area contributed by atoms with Gasteiger partial charge in [-0.25, -0.2) is 9.78 Å². The van der Waals surface area contributed by atoms with E-state index in [-0.39, 0.29) is 17.9 Å². The minimum Gasteiger partial charge on any atom is -0.494 e. The maximum absolute atomic E-state index is 13.1. The highest BCUT2D eigenvalue weighted by Gasteiger charge is 2.30. The Balaban J connectivity index is 1.65. The Kier molecular flexibility index (Phi) is 8.30. The Morgan fingerprint density at radius 1 is 1.15 bits per heavy atom. The van der Waals surface area contributed by atoms with Gasteiger partial charge in [0.05, 0.1) is 30.7 Å². The molecule has 3 aromatic rings. The lowest BCUT2D eigenvalue weighted by atomic mass is 10.2. The minimum atomic E-state index is -0.332. The minimum absolute atomic E-state index is 0.185. The van der Waals surface area contributed by atoms with E-state index in [9.17, 15) is 9.59 Å². The second-order valence-corrected chi connectivity index (χ2v) is 9.42. The molecule has 1 aliphatic heterocycles. The Morgan fingerprint density at radius 3 is 2.56 bits per heavy atom. The van der Waals surface area contributed by atoms with E-state index < -0.39 is 0 Å². The van der Waals surface area contributed by atoms with Crippen LogP contribution < -0.4 is 30.1 Å². The SMILES string of the molecule is C=CC(=O)Nc1cc(Nc2ncc3c(n2)N(C)C(=O)N(c2ccccc2)C3)c(OC)cc1N(C)CCN(C)C. The first-order chi connectivity index (χ1) is 18.7. The molecule has 0 unspecified atom stereocenters. The molecule has 204 valence electrons. The second kappa shape index (κ2) is 11.8. The van der Waals surface area contributed by atoms with Crippen LogP contribution in [0, 0.1) is 0 Å². The standard InChI is InChI=1S/C28H34N8O3/c1-7-25(37)30-21-15-22(24(39-6)16-23(21)34(4)14-13-33(2)3)31-27-29-17-19-18-36(20-11-9-8-10-12-20)28(38)35(5)26(19)32-27/h7-12,15-17H,1,13-14,18H2,2-6H3,(H,30,37)(H,29,31,32). The molecule has 11 nitrogen and oxygen atoms in total. The third-order valence-corrected chi connectivity index (χ3v) is 6.37. The van der Waals surface area contributed by atoms with Crippen LogP contribution in [0.15, 0.2) is 61.3 Å². The van der Waals surface area contributed by atoms with E-state index in [0.29, 0.717) is 29.5 Å². The summed E-state index contributed by atoms with van der Waals surface area (Å²) in [4.78, 5) is 41.8. The predicted octanol–water partition coefficient (Wildman–Crippen LogP) is 3.93. The molecule has 2 heterocycles. The van der Waals surface area contributed by atoms with Crippen molar-refractivity contribution in [3.05, 3.63) is 66.9 Å². The van der Waals surface area contributed by atoms with Gasteiger partial charge in [-0.1, -0.05) is 24.8 Å². The first kappa shape index (κ1) is 27.4. The number of likely N-dealkylation sites (N-methyl/N-ethyl adjacent to an activating group) is 2. The zero-order valence-corrected chi connectivity index (χ0v) is 22.9. The largest absolute Gasteiger partial charge is 0.494 e. The number of carbonyl (C=O) groups is 2. The van der Waals surface area contributed by atoms with Gasteiger partial charge in [-0.15, -0.1) is 0 Å². The van der Waals surface area contributed by atoms with Crippen LogP contribution in [0.3, 0.4) is 0 Å². The number of anilines is 6. The van der Waals surface area contributed by atoms with Crippen LogP contribution in [0.25, 0.3) is 0 Å². The maximum atomic E-state index is 13.1. The molecule has 3 amide bonds. The number of rotatable bonds is 10. The smallest absolute Gasteiger partial charge is 0.330 e. The number of benzene rings is 2. The molecule has 1 aromatic heterocycles. The summed E-state index contributed by atoms with van der Waals surface area (Å²) in [6, 6.07) is 12.9. The number of aromatic nitrogens is 2. The lowest BCUT2D eigenvalue weighted by molar-refractivity contribution is -0.111. The molecule has 0 atom stereocenters. The Hall–Kier alpha value is -4.64. The number of amides is 3. The van der Waals surface area contributed by atoms with Gasteiger partial charge in [-0.05, 0) is 38.4 Å². The third-order valence-electron chi connectivity index (χ3n) is 6.37. The number of nitrogens with one attached hydrogen (secondary N) is 2. The van der Waals surface area contributed by atoms with Crippen molar-refractivity contribution >= 4 is 46.5 Å². The number of hydrogen-bond acceptors (Lipinski definition) is 8. The zero-order valence-electron chi connectivity index (χ0n) is 22.9. The number of hydrogen-bond donors (Lipinski definition) is 2. The van der Waals surface area contributed by atoms with Crippen molar-refractivity contribution in [3.63, 3.8) is 0 Å². The summed E-state index contributed by atoms with van der Waals surface area (Å²) >= 11 is 0. The number of nitrogens with zero attached hydrogens (tertiary/aromatic N) is 6. The van der Waals surface area contributed by atoms with Crippen LogP contribution in [-0.2, 0) is 11.3 Å². The number of urea groups is 1. The maximum Gasteiger partial charge on any atom is 0.330 e. The van der Waals surface area contributed by atoms with E-state index in [4.69, 9.17) is 4.74 Å². The van der Waals surface area contributed by atoms with E-state index >= 15 is 0 Å². The molecule has 0 radical (unpaired) electrons. The number of methoxy groups -OCH3 is 1. The third kappa shape index (κ3) is 6.10. The first-order valence-corrected chi connectivity index (χ1v) is 12.5. The van der Waals surface area contributed by atoms with Crippen molar-refractivity contribution in [2.75, 3.05) is 73.7 Å². The van der Waals surface area contributed by atoms with E-state index in [2.05, 4.69) is 32.1 Å². The number of fused-ring (bicyclic) bond motifs is 1. The number of para-hydroxylation sites is 1. The molecular weight excluding hydrogens is 496 g/mol. The average Bonchev–Trinajstić information content (AvgIpc) is 2.94. The van der Waals surface area contributed by atoms with E-state index in [1.807, 2.05) is 62.4 Å². The molecule has 2 N–H and O–H groups in total. The van der Waals surface area contributed by atoms with Gasteiger partial charge in [-0.3, -0.25) is 14.6 Å². The van der Waals surface area contributed by atoms with Crippen LogP contribution in [0.1, 0.15) is 5.56 Å². The van der Waals surface area contributed by atoms with Gasteiger partial charge in [0.2, 0.25) is 11.9 Å². The Bertz CT molecular complexity index is 1360. The van der Waals surface area contributed by atoms with Gasteiger partial charge < -0.3 is 25.2 Å². The summed E-state index contributed by atoms with van der Waals surface area (Å²) in [6.07, 6.45) is 2.93. The van der Waals surface area contributed by atoms with E-state index in [0.717, 1.165) is 30.0 Å². The van der Waals surface area contributed by atoms with Gasteiger partial charge >= 0.3 is 6.03 Å². The summed E-state index contributed by atoms with van der Waals surface area (Å²) in [6.45, 7) is 5.48. The summed E-state index contributed by atoms with van der Waals surface area (Å²) in [5, 5.41) is 6.08. The topological polar surface area (TPSA) is 106 Å². The van der Waals surface area contributed by atoms with Crippen LogP contribution in [0.2, 0.25) is 0 Å². The lowest BCUT2D eigenvalue weighted by Crippen LogP contribution is -2.45. The van der Waals surface area contributed by atoms with Gasteiger partial charge in [0.1, 0.15) is 11.6 Å². The summed E-state index contributed by atoms with van der Waals surface area (Å²) in [7, 11) is 9.22. The highest BCUT2D eigenvalue weighted by atomic mass is 16.5. The summed E-state index contributed by atoms with van der Waals surface area (Å²) in [5.41, 5.74) is 3.53. The van der Waals surface area contributed by atoms with Crippen molar-refractivity contribution in [2.45, 2.75) is 6.54 Å². The highest BCUT2D eigenvalue weighted by Crippen LogP contribution is 2.38. The van der Waals surface area contributed by atoms with Crippen molar-refractivity contribution in [3.8, 4) is 5.75 Å². The molecule has 0 spiro atoms. The van der Waals surface area contributed by atoms with Gasteiger partial charge in [0.25, 0.3) is 0 Å². The molecule has 1 aliphatic rings. The van der Waals surface area contributed by atoms with Crippen LogP contribution in [0.5, 0.6) is 5.75 Å². The summed E-state index contributed by atoms with van der Waals surface area (Å²) < 4.78 is 5.67. The van der Waals surface area contributed by atoms with Crippen LogP contribution in [0.4, 0.5) is 39.3 Å². The molecule has 0 aliphatic carbocycles. The summed E-state index contributed by atoms with van der Waals surface area (Å²) in [5.74, 6) is 1.01. The molecule has 0 saturated heterocycles. The van der Waals surface area contributed by atoms with E-state index in [1.165, 1.54) is 11.0 Å². The lowest BCUT2D eigenvalue weighted by Gasteiger charge is -2.34. The molecule has 2 aromatic carbocycles. The molecule has 0 saturated carbocycles. The molecule has 39 heavy (non-hydrogen) atoms. The molecule has 0 fully saturated rings. The van der Waals surface area contributed by atoms with Crippen LogP contribution >= 0.6 is 0 Å². The van der Waals surface area contributed by atoms with Crippen molar-refractivity contribution in [2.24, 2.45) is 0 Å². The average molecular weight is 531 g/mol. The number of carbonyl (C=O) groups excluding carboxylic acids is 2. The number of ether oxygens (including phenoxy) is 1. The monoisotopic (exact) mass is 530 g/mol. The van der Waals surface area contributed by atoms with Gasteiger partial charge in [0, 0.05) is 50.7 Å². The van der Waals surface area contributed by atoms with Gasteiger partial charge in [-0.2, -0.15) is 4.98 Å². The predicted molar refractivity (Wildman–Crippen MR) is 155 cm³/mol. The molecular formula is C28H34N8O3. The fourth-order valence-electron chi connectivity index (χ4n) is 4.21. The van der Waals surface area contributed by atoms with Gasteiger partial charge in [0.15, 0.2) is 0 Å². The quantitative estimate of drug-likeness (QED) is 0.380. The second-order valence-electron chi connectivity index (χ2n) is 9.42. The zero-order chi connectivity index (χ0) is 28.1. The van der Waals surface area contributed by atoms with Crippen LogP contribution in [-0.4, -0.2) is 75.2 Å². The van der Waals surface area contributed by atoms with Crippen molar-refractivity contribution in [1.82, 2.24) is 14.9 Å². The molecule has 4 rings (SSSR count). The fraction of sp³-hybridized carbons (Fsp3) is 0.286. The van der Waals surface area contributed by atoms with Crippen molar-refractivity contribution in [1.29, 1.82) is 0 Å². The van der Waals surface area contributed by atoms with Crippen molar-refractivity contribution < 1.29 is 14.3 Å². The molecule has 0 bridgehead atoms. The Morgan fingerprint density at radius 2 is 1.90 bits per heavy atom. The highest BCUT2D eigenvalue weighted by molar-refractivity contribution is 6.05. The Labute approximate surface area is 228 Å². The normalized spacial score (nSPS) is 12.7. The van der Waals surface area contributed by atoms with E-state index in [1.54, 1.807) is 31.3 Å². The first-order valence-electron chi connectivity index (χ1n) is 12.5. The molecule has 11 heteroatoms. The fourth-order valence-corrected chi connectivity index (χ4v) is 4.21.